The van der Waals surface area contributed by atoms with Crippen molar-refractivity contribution in [1.29, 1.82) is 5.26 Å². The molecule has 7 heteroatoms. The molecule has 0 aliphatic heterocycles. The van der Waals surface area contributed by atoms with Crippen LogP contribution in [0.25, 0.3) is 0 Å². The fourth-order valence-electron chi connectivity index (χ4n) is 2.66. The van der Waals surface area contributed by atoms with Gasteiger partial charge in [0.2, 0.25) is 0 Å². The van der Waals surface area contributed by atoms with Gasteiger partial charge in [-0.2, -0.15) is 5.26 Å². The van der Waals surface area contributed by atoms with Crippen molar-refractivity contribution in [3.63, 3.8) is 0 Å². The molecule has 0 N–H and O–H groups in total. The van der Waals surface area contributed by atoms with Crippen molar-refractivity contribution in [1.82, 2.24) is 0 Å². The van der Waals surface area contributed by atoms with Gasteiger partial charge in [0.05, 0.1) is 18.9 Å². The highest BCUT2D eigenvalue weighted by molar-refractivity contribution is 6.30. The third-order valence-corrected chi connectivity index (χ3v) is 4.41. The zero-order valence-electron chi connectivity index (χ0n) is 16.0. The molecule has 0 aliphatic rings. The molecule has 0 bridgehead atoms. The summed E-state index contributed by atoms with van der Waals surface area (Å²) in [6.07, 6.45) is -1.05. The first-order valence-electron chi connectivity index (χ1n) is 9.14. The molecule has 0 aromatic heterocycles. The van der Waals surface area contributed by atoms with Crippen LogP contribution in [0.4, 0.5) is 5.69 Å². The summed E-state index contributed by atoms with van der Waals surface area (Å²) in [4.78, 5) is 38.4. The van der Waals surface area contributed by atoms with Gasteiger partial charge in [-0.05, 0) is 43.3 Å². The molecule has 2 aromatic carbocycles. The number of ether oxygens (including phenoxy) is 1. The zero-order chi connectivity index (χ0) is 21.2. The molecule has 0 fully saturated rings. The van der Waals surface area contributed by atoms with Gasteiger partial charge in [-0.25, -0.2) is 0 Å². The van der Waals surface area contributed by atoms with Gasteiger partial charge in [0, 0.05) is 29.2 Å². The van der Waals surface area contributed by atoms with Crippen LogP contribution in [0, 0.1) is 11.3 Å². The van der Waals surface area contributed by atoms with E-state index in [0.717, 1.165) is 0 Å². The standard InChI is InChI=1S/C22H21ClN2O4/c1-16(22(28)25(15-5-14-24)19-6-3-2-4-7-19)29-21(27)13-12-20(26)17-8-10-18(23)11-9-17/h2-4,6-11,16H,5,12-13,15H2,1H3/t16-/m1/s1. The number of halogens is 1. The van der Waals surface area contributed by atoms with Gasteiger partial charge in [0.1, 0.15) is 0 Å². The number of benzene rings is 2. The van der Waals surface area contributed by atoms with E-state index in [1.54, 1.807) is 48.5 Å². The van der Waals surface area contributed by atoms with Crippen molar-refractivity contribution < 1.29 is 19.1 Å². The number of ketones is 1. The van der Waals surface area contributed by atoms with E-state index in [4.69, 9.17) is 21.6 Å². The van der Waals surface area contributed by atoms with Gasteiger partial charge in [0.15, 0.2) is 11.9 Å². The smallest absolute Gasteiger partial charge is 0.307 e. The molecule has 0 spiro atoms. The van der Waals surface area contributed by atoms with Crippen LogP contribution in [-0.4, -0.2) is 30.3 Å². The average molecular weight is 413 g/mol. The summed E-state index contributed by atoms with van der Waals surface area (Å²) >= 11 is 5.79. The van der Waals surface area contributed by atoms with Crippen LogP contribution in [0.3, 0.4) is 0 Å². The number of esters is 1. The Hall–Kier alpha value is -3.17. The third-order valence-electron chi connectivity index (χ3n) is 4.16. The van der Waals surface area contributed by atoms with E-state index in [0.29, 0.717) is 16.3 Å². The van der Waals surface area contributed by atoms with E-state index >= 15 is 0 Å². The summed E-state index contributed by atoms with van der Waals surface area (Å²) in [7, 11) is 0. The minimum absolute atomic E-state index is 0.0296. The first-order valence-corrected chi connectivity index (χ1v) is 9.51. The van der Waals surface area contributed by atoms with Gasteiger partial charge in [-0.1, -0.05) is 29.8 Å². The minimum Gasteiger partial charge on any atom is -0.453 e. The maximum atomic E-state index is 12.7. The highest BCUT2D eigenvalue weighted by Crippen LogP contribution is 2.17. The Morgan fingerprint density at radius 2 is 1.72 bits per heavy atom. The van der Waals surface area contributed by atoms with Crippen LogP contribution >= 0.6 is 11.6 Å². The SMILES string of the molecule is C[C@@H](OC(=O)CCC(=O)c1ccc(Cl)cc1)C(=O)N(CCC#N)c1ccccc1. The number of Topliss-reactive ketones (excluding diaryl/α,β-unsaturated/α-hetero) is 1. The molecule has 0 saturated carbocycles. The Morgan fingerprint density at radius 3 is 2.34 bits per heavy atom. The first-order chi connectivity index (χ1) is 13.9. The average Bonchev–Trinajstić information content (AvgIpc) is 2.73. The number of para-hydroxylation sites is 1. The molecule has 2 rings (SSSR count). The van der Waals surface area contributed by atoms with Crippen LogP contribution in [0.5, 0.6) is 0 Å². The van der Waals surface area contributed by atoms with Gasteiger partial charge in [-0.15, -0.1) is 0 Å². The van der Waals surface area contributed by atoms with Crippen molar-refractivity contribution in [3.8, 4) is 6.07 Å². The topological polar surface area (TPSA) is 87.5 Å². The molecule has 6 nitrogen and oxygen atoms in total. The molecule has 1 atom stereocenters. The second-order valence-corrected chi connectivity index (χ2v) is 6.73. The molecular formula is C22H21ClN2O4. The van der Waals surface area contributed by atoms with Crippen molar-refractivity contribution in [2.45, 2.75) is 32.3 Å². The summed E-state index contributed by atoms with van der Waals surface area (Å²) in [5.41, 5.74) is 1.08. The number of nitriles is 1. The summed E-state index contributed by atoms with van der Waals surface area (Å²) in [6, 6.07) is 17.3. The van der Waals surface area contributed by atoms with Crippen molar-refractivity contribution >= 4 is 34.9 Å². The molecule has 2 aromatic rings. The van der Waals surface area contributed by atoms with E-state index in [2.05, 4.69) is 0 Å². The number of carbonyl (C=O) groups is 3. The predicted octanol–water partition coefficient (Wildman–Crippen LogP) is 4.18. The Labute approximate surface area is 174 Å². The molecule has 1 amide bonds. The second-order valence-electron chi connectivity index (χ2n) is 6.30. The van der Waals surface area contributed by atoms with Crippen LogP contribution < -0.4 is 4.90 Å². The lowest BCUT2D eigenvalue weighted by molar-refractivity contribution is -0.153. The monoisotopic (exact) mass is 412 g/mol. The maximum Gasteiger partial charge on any atom is 0.307 e. The quantitative estimate of drug-likeness (QED) is 0.455. The summed E-state index contributed by atoms with van der Waals surface area (Å²) in [5.74, 6) is -1.28. The second kappa shape index (κ2) is 11.0. The molecule has 0 heterocycles. The third kappa shape index (κ3) is 6.74. The van der Waals surface area contributed by atoms with Gasteiger partial charge >= 0.3 is 5.97 Å². The molecule has 0 saturated heterocycles. The number of nitrogens with zero attached hydrogens (tertiary/aromatic N) is 2. The normalized spacial score (nSPS) is 11.2. The highest BCUT2D eigenvalue weighted by Gasteiger charge is 2.25. The summed E-state index contributed by atoms with van der Waals surface area (Å²) in [5, 5.41) is 9.37. The van der Waals surface area contributed by atoms with Crippen molar-refractivity contribution in [2.75, 3.05) is 11.4 Å². The minimum atomic E-state index is -1.04. The molecule has 0 aliphatic carbocycles. The van der Waals surface area contributed by atoms with Crippen LogP contribution in [-0.2, 0) is 14.3 Å². The Kier molecular flexibility index (Phi) is 8.38. The predicted molar refractivity (Wildman–Crippen MR) is 110 cm³/mol. The number of hydrogen-bond acceptors (Lipinski definition) is 5. The molecule has 0 unspecified atom stereocenters. The van der Waals surface area contributed by atoms with Crippen LogP contribution in [0.2, 0.25) is 5.02 Å². The lowest BCUT2D eigenvalue weighted by Crippen LogP contribution is -2.40. The van der Waals surface area contributed by atoms with Crippen LogP contribution in [0.1, 0.15) is 36.5 Å². The highest BCUT2D eigenvalue weighted by atomic mass is 35.5. The van der Waals surface area contributed by atoms with Crippen molar-refractivity contribution in [2.24, 2.45) is 0 Å². The van der Waals surface area contributed by atoms with E-state index in [1.807, 2.05) is 12.1 Å². The Bertz CT molecular complexity index is 891. The lowest BCUT2D eigenvalue weighted by Gasteiger charge is -2.25. The Morgan fingerprint density at radius 1 is 1.07 bits per heavy atom. The van der Waals surface area contributed by atoms with E-state index in [-0.39, 0.29) is 31.6 Å². The lowest BCUT2D eigenvalue weighted by atomic mass is 10.1. The number of anilines is 1. The number of carbonyl (C=O) groups excluding carboxylic acids is 3. The van der Waals surface area contributed by atoms with E-state index in [1.165, 1.54) is 11.8 Å². The summed E-state index contributed by atoms with van der Waals surface area (Å²) in [6.45, 7) is 1.67. The zero-order valence-corrected chi connectivity index (χ0v) is 16.8. The van der Waals surface area contributed by atoms with Gasteiger partial charge in [-0.3, -0.25) is 14.4 Å². The molecule has 29 heavy (non-hydrogen) atoms. The maximum absolute atomic E-state index is 12.7. The van der Waals surface area contributed by atoms with E-state index < -0.39 is 18.0 Å². The molecule has 150 valence electrons. The van der Waals surface area contributed by atoms with E-state index in [9.17, 15) is 14.4 Å². The fraction of sp³-hybridized carbons (Fsp3) is 0.273. The molecule has 0 radical (unpaired) electrons. The van der Waals surface area contributed by atoms with Gasteiger partial charge in [0.25, 0.3) is 5.91 Å². The number of amides is 1. The summed E-state index contributed by atoms with van der Waals surface area (Å²) < 4.78 is 5.21. The molecular weight excluding hydrogens is 392 g/mol. The number of hydrogen-bond donors (Lipinski definition) is 0. The van der Waals surface area contributed by atoms with Crippen LogP contribution in [0.15, 0.2) is 54.6 Å². The Balaban J connectivity index is 1.92. The van der Waals surface area contributed by atoms with Crippen molar-refractivity contribution in [3.05, 3.63) is 65.2 Å². The van der Waals surface area contributed by atoms with Gasteiger partial charge < -0.3 is 9.64 Å². The first kappa shape index (κ1) is 22.1. The number of rotatable bonds is 9. The fourth-order valence-corrected chi connectivity index (χ4v) is 2.78. The largest absolute Gasteiger partial charge is 0.453 e.